The largest absolute Gasteiger partial charge is 0.356 e. The molecule has 0 saturated carbocycles. The normalized spacial score (nSPS) is 14.2. The lowest BCUT2D eigenvalue weighted by Crippen LogP contribution is -2.17. The molecular formula is C15H17N5. The van der Waals surface area contributed by atoms with Crippen LogP contribution in [0, 0.1) is 0 Å². The smallest absolute Gasteiger partial charge is 0.203 e. The van der Waals surface area contributed by atoms with Crippen LogP contribution in [0.1, 0.15) is 18.9 Å². The van der Waals surface area contributed by atoms with E-state index >= 15 is 0 Å². The molecule has 102 valence electrons. The molecule has 0 unspecified atom stereocenters. The molecule has 0 radical (unpaired) electrons. The number of imidazole rings is 1. The molecule has 20 heavy (non-hydrogen) atoms. The molecule has 4 heterocycles. The van der Waals surface area contributed by atoms with E-state index in [1.54, 1.807) is 0 Å². The van der Waals surface area contributed by atoms with E-state index in [9.17, 15) is 0 Å². The standard InChI is InChI=1S/C15H17N5/c1-2-10-7-17-14-12(10)6-11(8-18-14)13-9-19-15-16-4-3-5-20(13)15/h6-9H,2-5H2,1H3,(H,16,19)(H,17,18). The Kier molecular flexibility index (Phi) is 2.52. The Morgan fingerprint density at radius 2 is 2.25 bits per heavy atom. The lowest BCUT2D eigenvalue weighted by Gasteiger charge is -2.17. The van der Waals surface area contributed by atoms with Crippen molar-refractivity contribution in [3.63, 3.8) is 0 Å². The van der Waals surface area contributed by atoms with E-state index in [0.29, 0.717) is 0 Å². The number of H-pyrrole nitrogens is 1. The summed E-state index contributed by atoms with van der Waals surface area (Å²) in [5.74, 6) is 0.969. The summed E-state index contributed by atoms with van der Waals surface area (Å²) in [6.07, 6.45) is 8.06. The van der Waals surface area contributed by atoms with Crippen molar-refractivity contribution >= 4 is 17.0 Å². The number of pyridine rings is 1. The molecule has 1 aliphatic rings. The highest BCUT2D eigenvalue weighted by molar-refractivity contribution is 5.84. The van der Waals surface area contributed by atoms with Crippen molar-refractivity contribution in [2.24, 2.45) is 0 Å². The van der Waals surface area contributed by atoms with Crippen LogP contribution in [0.2, 0.25) is 0 Å². The predicted molar refractivity (Wildman–Crippen MR) is 79.8 cm³/mol. The van der Waals surface area contributed by atoms with Crippen molar-refractivity contribution in [2.75, 3.05) is 11.9 Å². The number of anilines is 1. The van der Waals surface area contributed by atoms with Crippen LogP contribution in [0.5, 0.6) is 0 Å². The Morgan fingerprint density at radius 3 is 3.15 bits per heavy atom. The maximum absolute atomic E-state index is 4.54. The fourth-order valence-corrected chi connectivity index (χ4v) is 2.90. The van der Waals surface area contributed by atoms with Crippen LogP contribution >= 0.6 is 0 Å². The average molecular weight is 267 g/mol. The van der Waals surface area contributed by atoms with E-state index < -0.39 is 0 Å². The maximum atomic E-state index is 4.54. The molecule has 0 bridgehead atoms. The molecule has 0 aliphatic carbocycles. The molecule has 0 spiro atoms. The zero-order valence-corrected chi connectivity index (χ0v) is 11.5. The highest BCUT2D eigenvalue weighted by Gasteiger charge is 2.15. The molecular weight excluding hydrogens is 250 g/mol. The monoisotopic (exact) mass is 267 g/mol. The van der Waals surface area contributed by atoms with Gasteiger partial charge in [0.1, 0.15) is 5.65 Å². The Morgan fingerprint density at radius 1 is 1.30 bits per heavy atom. The van der Waals surface area contributed by atoms with Crippen LogP contribution in [-0.4, -0.2) is 26.1 Å². The van der Waals surface area contributed by atoms with Gasteiger partial charge in [0, 0.05) is 36.4 Å². The summed E-state index contributed by atoms with van der Waals surface area (Å²) in [4.78, 5) is 12.2. The highest BCUT2D eigenvalue weighted by Crippen LogP contribution is 2.28. The van der Waals surface area contributed by atoms with Gasteiger partial charge in [-0.05, 0) is 24.5 Å². The van der Waals surface area contributed by atoms with Gasteiger partial charge in [-0.2, -0.15) is 0 Å². The SMILES string of the molecule is CCc1c[nH]c2ncc(-c3cnc4n3CCCN4)cc12. The van der Waals surface area contributed by atoms with Crippen LogP contribution in [0.3, 0.4) is 0 Å². The molecule has 0 amide bonds. The first-order valence-electron chi connectivity index (χ1n) is 7.12. The van der Waals surface area contributed by atoms with Gasteiger partial charge in [0.25, 0.3) is 0 Å². The minimum atomic E-state index is 0.960. The van der Waals surface area contributed by atoms with Gasteiger partial charge in [0.05, 0.1) is 11.9 Å². The number of aromatic amines is 1. The summed E-state index contributed by atoms with van der Waals surface area (Å²) < 4.78 is 2.24. The van der Waals surface area contributed by atoms with Crippen LogP contribution in [0.15, 0.2) is 24.7 Å². The first kappa shape index (κ1) is 11.5. The number of nitrogens with zero attached hydrogens (tertiary/aromatic N) is 3. The van der Waals surface area contributed by atoms with Crippen molar-refractivity contribution in [3.8, 4) is 11.3 Å². The van der Waals surface area contributed by atoms with Crippen LogP contribution in [-0.2, 0) is 13.0 Å². The zero-order valence-electron chi connectivity index (χ0n) is 11.5. The van der Waals surface area contributed by atoms with Gasteiger partial charge < -0.3 is 14.9 Å². The van der Waals surface area contributed by atoms with E-state index in [-0.39, 0.29) is 0 Å². The Balaban J connectivity index is 1.87. The zero-order chi connectivity index (χ0) is 13.5. The molecule has 0 saturated heterocycles. The number of aromatic nitrogens is 4. The van der Waals surface area contributed by atoms with E-state index in [1.807, 2.05) is 12.4 Å². The summed E-state index contributed by atoms with van der Waals surface area (Å²) in [6, 6.07) is 2.22. The van der Waals surface area contributed by atoms with Gasteiger partial charge in [-0.1, -0.05) is 6.92 Å². The third kappa shape index (κ3) is 1.62. The molecule has 4 rings (SSSR count). The van der Waals surface area contributed by atoms with Gasteiger partial charge in [-0.15, -0.1) is 0 Å². The van der Waals surface area contributed by atoms with Crippen LogP contribution in [0.4, 0.5) is 5.95 Å². The second-order valence-electron chi connectivity index (χ2n) is 5.19. The summed E-state index contributed by atoms with van der Waals surface area (Å²) >= 11 is 0. The number of nitrogens with one attached hydrogen (secondary N) is 2. The number of hydrogen-bond donors (Lipinski definition) is 2. The summed E-state index contributed by atoms with van der Waals surface area (Å²) in [7, 11) is 0. The maximum Gasteiger partial charge on any atom is 0.203 e. The van der Waals surface area contributed by atoms with Gasteiger partial charge >= 0.3 is 0 Å². The van der Waals surface area contributed by atoms with Gasteiger partial charge in [-0.25, -0.2) is 9.97 Å². The summed E-state index contributed by atoms with van der Waals surface area (Å²) in [5, 5.41) is 4.55. The number of hydrogen-bond acceptors (Lipinski definition) is 3. The van der Waals surface area contributed by atoms with E-state index in [1.165, 1.54) is 10.9 Å². The number of rotatable bonds is 2. The lowest BCUT2D eigenvalue weighted by atomic mass is 10.1. The van der Waals surface area contributed by atoms with E-state index in [4.69, 9.17) is 0 Å². The first-order valence-corrected chi connectivity index (χ1v) is 7.12. The topological polar surface area (TPSA) is 58.5 Å². The van der Waals surface area contributed by atoms with Crippen LogP contribution < -0.4 is 5.32 Å². The second-order valence-corrected chi connectivity index (χ2v) is 5.19. The third-order valence-electron chi connectivity index (χ3n) is 3.99. The van der Waals surface area contributed by atoms with Gasteiger partial charge in [0.2, 0.25) is 5.95 Å². The third-order valence-corrected chi connectivity index (χ3v) is 3.99. The minimum Gasteiger partial charge on any atom is -0.356 e. The second kappa shape index (κ2) is 4.37. The molecule has 3 aromatic rings. The minimum absolute atomic E-state index is 0.960. The Hall–Kier alpha value is -2.30. The molecule has 0 aromatic carbocycles. The molecule has 0 atom stereocenters. The molecule has 0 fully saturated rings. The lowest BCUT2D eigenvalue weighted by molar-refractivity contribution is 0.632. The Labute approximate surface area is 117 Å². The Bertz CT molecular complexity index is 768. The quantitative estimate of drug-likeness (QED) is 0.750. The van der Waals surface area contributed by atoms with E-state index in [0.717, 1.165) is 48.8 Å². The van der Waals surface area contributed by atoms with Crippen molar-refractivity contribution in [3.05, 3.63) is 30.2 Å². The van der Waals surface area contributed by atoms with Crippen molar-refractivity contribution in [2.45, 2.75) is 26.3 Å². The molecule has 2 N–H and O–H groups in total. The number of fused-ring (bicyclic) bond motifs is 2. The van der Waals surface area contributed by atoms with E-state index in [2.05, 4.69) is 44.0 Å². The molecule has 5 heteroatoms. The predicted octanol–water partition coefficient (Wildman–Crippen LogP) is 2.80. The fourth-order valence-electron chi connectivity index (χ4n) is 2.90. The fraction of sp³-hybridized carbons (Fsp3) is 0.333. The van der Waals surface area contributed by atoms with Crippen molar-refractivity contribution in [1.29, 1.82) is 0 Å². The van der Waals surface area contributed by atoms with Gasteiger partial charge in [-0.3, -0.25) is 0 Å². The van der Waals surface area contributed by atoms with Crippen molar-refractivity contribution < 1.29 is 0 Å². The number of aryl methyl sites for hydroxylation is 1. The first-order chi connectivity index (χ1) is 9.86. The highest BCUT2D eigenvalue weighted by atomic mass is 15.2. The van der Waals surface area contributed by atoms with Gasteiger partial charge in [0.15, 0.2) is 0 Å². The molecule has 1 aliphatic heterocycles. The average Bonchev–Trinajstić information content (AvgIpc) is 3.10. The van der Waals surface area contributed by atoms with Crippen molar-refractivity contribution in [1.82, 2.24) is 19.5 Å². The molecule has 3 aromatic heterocycles. The summed E-state index contributed by atoms with van der Waals surface area (Å²) in [5.41, 5.74) is 4.55. The summed E-state index contributed by atoms with van der Waals surface area (Å²) in [6.45, 7) is 4.19. The van der Waals surface area contributed by atoms with Crippen LogP contribution in [0.25, 0.3) is 22.3 Å². The molecule has 5 nitrogen and oxygen atoms in total.